The van der Waals surface area contributed by atoms with Crippen LogP contribution in [0, 0.1) is 0 Å². The standard InChI is InChI=1S/C16H17F2NO2/c1-2-20-14-9-5-13(6-10-14)19-11-12-3-7-15(8-4-12)21-16(17)18/h3-10,16,19H,2,11H2,1H3. The number of halogens is 2. The molecular formula is C16H17F2NO2. The van der Waals surface area contributed by atoms with Gasteiger partial charge < -0.3 is 14.8 Å². The van der Waals surface area contributed by atoms with Crippen LogP contribution in [0.15, 0.2) is 48.5 Å². The quantitative estimate of drug-likeness (QED) is 0.825. The Hall–Kier alpha value is -2.30. The SMILES string of the molecule is CCOc1ccc(NCc2ccc(OC(F)F)cc2)cc1. The first-order valence-corrected chi connectivity index (χ1v) is 6.68. The minimum absolute atomic E-state index is 0.162. The normalized spacial score (nSPS) is 10.5. The molecule has 0 aliphatic heterocycles. The second-order valence-electron chi connectivity index (χ2n) is 4.33. The van der Waals surface area contributed by atoms with Gasteiger partial charge in [0.2, 0.25) is 0 Å². The summed E-state index contributed by atoms with van der Waals surface area (Å²) in [5.74, 6) is 0.992. The average Bonchev–Trinajstić information content (AvgIpc) is 2.48. The van der Waals surface area contributed by atoms with Gasteiger partial charge in [-0.15, -0.1) is 0 Å². The summed E-state index contributed by atoms with van der Waals surface area (Å²) in [6.07, 6.45) is 0. The van der Waals surface area contributed by atoms with Crippen molar-refractivity contribution in [2.45, 2.75) is 20.1 Å². The summed E-state index contributed by atoms with van der Waals surface area (Å²) < 4.78 is 33.7. The lowest BCUT2D eigenvalue weighted by molar-refractivity contribution is -0.0498. The maximum Gasteiger partial charge on any atom is 0.387 e. The molecule has 21 heavy (non-hydrogen) atoms. The lowest BCUT2D eigenvalue weighted by Crippen LogP contribution is -2.03. The van der Waals surface area contributed by atoms with E-state index in [1.807, 2.05) is 31.2 Å². The van der Waals surface area contributed by atoms with Crippen LogP contribution in [0.2, 0.25) is 0 Å². The van der Waals surface area contributed by atoms with Crippen molar-refractivity contribution >= 4 is 5.69 Å². The monoisotopic (exact) mass is 293 g/mol. The first-order valence-electron chi connectivity index (χ1n) is 6.68. The van der Waals surface area contributed by atoms with Crippen LogP contribution in [-0.2, 0) is 6.54 Å². The van der Waals surface area contributed by atoms with E-state index >= 15 is 0 Å². The third-order valence-electron chi connectivity index (χ3n) is 2.81. The number of hydrogen-bond donors (Lipinski definition) is 1. The van der Waals surface area contributed by atoms with Crippen LogP contribution in [0.1, 0.15) is 12.5 Å². The summed E-state index contributed by atoms with van der Waals surface area (Å²) >= 11 is 0. The first kappa shape index (κ1) is 15.1. The highest BCUT2D eigenvalue weighted by molar-refractivity contribution is 5.47. The highest BCUT2D eigenvalue weighted by atomic mass is 19.3. The van der Waals surface area contributed by atoms with Crippen molar-refractivity contribution < 1.29 is 18.3 Å². The summed E-state index contributed by atoms with van der Waals surface area (Å²) in [6.45, 7) is 0.383. The summed E-state index contributed by atoms with van der Waals surface area (Å²) in [7, 11) is 0. The van der Waals surface area contributed by atoms with Crippen molar-refractivity contribution in [2.24, 2.45) is 0 Å². The minimum Gasteiger partial charge on any atom is -0.494 e. The zero-order chi connectivity index (χ0) is 15.1. The molecule has 0 spiro atoms. The fourth-order valence-corrected chi connectivity index (χ4v) is 1.83. The molecule has 3 nitrogen and oxygen atoms in total. The predicted molar refractivity (Wildman–Crippen MR) is 78.0 cm³/mol. The Balaban J connectivity index is 1.87. The van der Waals surface area contributed by atoms with E-state index in [9.17, 15) is 8.78 Å². The Labute approximate surface area is 122 Å². The van der Waals surface area contributed by atoms with Crippen molar-refractivity contribution in [3.63, 3.8) is 0 Å². The van der Waals surface area contributed by atoms with E-state index in [0.717, 1.165) is 17.0 Å². The van der Waals surface area contributed by atoms with Gasteiger partial charge >= 0.3 is 6.61 Å². The molecule has 0 fully saturated rings. The Kier molecular flexibility index (Phi) is 5.37. The Bertz CT molecular complexity index is 541. The van der Waals surface area contributed by atoms with E-state index in [2.05, 4.69) is 10.1 Å². The molecule has 5 heteroatoms. The van der Waals surface area contributed by atoms with Gasteiger partial charge in [-0.3, -0.25) is 0 Å². The fourth-order valence-electron chi connectivity index (χ4n) is 1.83. The average molecular weight is 293 g/mol. The largest absolute Gasteiger partial charge is 0.494 e. The number of anilines is 1. The molecule has 0 aliphatic rings. The van der Waals surface area contributed by atoms with Crippen molar-refractivity contribution in [3.8, 4) is 11.5 Å². The van der Waals surface area contributed by atoms with Gasteiger partial charge in [0.05, 0.1) is 6.61 Å². The van der Waals surface area contributed by atoms with Crippen molar-refractivity contribution in [3.05, 3.63) is 54.1 Å². The molecule has 0 heterocycles. The van der Waals surface area contributed by atoms with E-state index in [1.54, 1.807) is 12.1 Å². The van der Waals surface area contributed by atoms with Crippen LogP contribution in [0.5, 0.6) is 11.5 Å². The molecule has 2 aromatic carbocycles. The van der Waals surface area contributed by atoms with Gasteiger partial charge in [-0.2, -0.15) is 8.78 Å². The molecule has 0 atom stereocenters. The van der Waals surface area contributed by atoms with Crippen molar-refractivity contribution in [1.29, 1.82) is 0 Å². The number of rotatable bonds is 7. The van der Waals surface area contributed by atoms with E-state index in [4.69, 9.17) is 4.74 Å². The van der Waals surface area contributed by atoms with Gasteiger partial charge in [-0.25, -0.2) is 0 Å². The van der Waals surface area contributed by atoms with Crippen LogP contribution < -0.4 is 14.8 Å². The summed E-state index contributed by atoms with van der Waals surface area (Å²) in [6, 6.07) is 14.2. The number of alkyl halides is 2. The number of benzene rings is 2. The molecule has 0 unspecified atom stereocenters. The lowest BCUT2D eigenvalue weighted by atomic mass is 10.2. The molecule has 0 aromatic heterocycles. The Morgan fingerprint density at radius 1 is 0.952 bits per heavy atom. The molecule has 0 radical (unpaired) electrons. The fraction of sp³-hybridized carbons (Fsp3) is 0.250. The van der Waals surface area contributed by atoms with Gasteiger partial charge in [0.1, 0.15) is 11.5 Å². The van der Waals surface area contributed by atoms with Crippen LogP contribution >= 0.6 is 0 Å². The molecule has 0 aliphatic carbocycles. The molecule has 0 saturated heterocycles. The molecule has 0 saturated carbocycles. The van der Waals surface area contributed by atoms with Crippen molar-refractivity contribution in [2.75, 3.05) is 11.9 Å². The Morgan fingerprint density at radius 3 is 2.14 bits per heavy atom. The lowest BCUT2D eigenvalue weighted by Gasteiger charge is -2.09. The van der Waals surface area contributed by atoms with Gasteiger partial charge in [0, 0.05) is 12.2 Å². The maximum absolute atomic E-state index is 12.0. The minimum atomic E-state index is -2.79. The maximum atomic E-state index is 12.0. The summed E-state index contributed by atoms with van der Waals surface area (Å²) in [5.41, 5.74) is 1.94. The van der Waals surface area contributed by atoms with E-state index < -0.39 is 6.61 Å². The zero-order valence-corrected chi connectivity index (χ0v) is 11.7. The molecule has 2 aromatic rings. The van der Waals surface area contributed by atoms with Crippen LogP contribution in [0.25, 0.3) is 0 Å². The van der Waals surface area contributed by atoms with Crippen molar-refractivity contribution in [1.82, 2.24) is 0 Å². The van der Waals surface area contributed by atoms with Gasteiger partial charge in [0.25, 0.3) is 0 Å². The molecule has 0 bridgehead atoms. The zero-order valence-electron chi connectivity index (χ0n) is 11.7. The van der Waals surface area contributed by atoms with Crippen LogP contribution in [0.4, 0.5) is 14.5 Å². The van der Waals surface area contributed by atoms with Gasteiger partial charge in [0.15, 0.2) is 0 Å². The Morgan fingerprint density at radius 2 is 1.57 bits per heavy atom. The third-order valence-corrected chi connectivity index (χ3v) is 2.81. The van der Waals surface area contributed by atoms with E-state index in [0.29, 0.717) is 13.2 Å². The topological polar surface area (TPSA) is 30.5 Å². The number of hydrogen-bond acceptors (Lipinski definition) is 3. The summed E-state index contributed by atoms with van der Waals surface area (Å²) in [4.78, 5) is 0. The number of nitrogens with one attached hydrogen (secondary N) is 1. The van der Waals surface area contributed by atoms with E-state index in [-0.39, 0.29) is 5.75 Å². The second kappa shape index (κ2) is 7.47. The van der Waals surface area contributed by atoms with Gasteiger partial charge in [-0.05, 0) is 48.9 Å². The second-order valence-corrected chi connectivity index (χ2v) is 4.33. The van der Waals surface area contributed by atoms with Crippen LogP contribution in [-0.4, -0.2) is 13.2 Å². The van der Waals surface area contributed by atoms with Crippen LogP contribution in [0.3, 0.4) is 0 Å². The van der Waals surface area contributed by atoms with Gasteiger partial charge in [-0.1, -0.05) is 12.1 Å². The molecular weight excluding hydrogens is 276 g/mol. The molecule has 0 amide bonds. The highest BCUT2D eigenvalue weighted by Crippen LogP contribution is 2.18. The third kappa shape index (κ3) is 4.95. The molecule has 2 rings (SSSR count). The highest BCUT2D eigenvalue weighted by Gasteiger charge is 2.03. The number of ether oxygens (including phenoxy) is 2. The molecule has 112 valence electrons. The predicted octanol–water partition coefficient (Wildman–Crippen LogP) is 4.30. The van der Waals surface area contributed by atoms with E-state index in [1.165, 1.54) is 12.1 Å². The summed E-state index contributed by atoms with van der Waals surface area (Å²) in [5, 5.41) is 3.25. The first-order chi connectivity index (χ1) is 10.2. The molecule has 1 N–H and O–H groups in total. The smallest absolute Gasteiger partial charge is 0.387 e.